The number of benzene rings is 2. The number of carbonyl (C=O) groups excluding carboxylic acids is 4. The summed E-state index contributed by atoms with van der Waals surface area (Å²) in [5, 5.41) is 7.48. The summed E-state index contributed by atoms with van der Waals surface area (Å²) in [5.74, 6) is -1.99. The van der Waals surface area contributed by atoms with Crippen molar-refractivity contribution in [2.24, 2.45) is 0 Å². The first-order chi connectivity index (χ1) is 13.8. The third kappa shape index (κ3) is 6.46. The molecule has 2 rings (SSSR count). The average Bonchev–Trinajstić information content (AvgIpc) is 2.72. The lowest BCUT2D eigenvalue weighted by Gasteiger charge is -2.09. The molecule has 0 aromatic heterocycles. The highest BCUT2D eigenvalue weighted by molar-refractivity contribution is 5.98. The predicted octanol–water partition coefficient (Wildman–Crippen LogP) is 1.57. The van der Waals surface area contributed by atoms with Gasteiger partial charge in [0.15, 0.2) is 6.61 Å². The van der Waals surface area contributed by atoms with E-state index in [1.807, 2.05) is 19.9 Å². The van der Waals surface area contributed by atoms with Crippen LogP contribution >= 0.6 is 0 Å². The molecule has 0 spiro atoms. The number of anilines is 1. The summed E-state index contributed by atoms with van der Waals surface area (Å²) in [6.07, 6.45) is 0. The Morgan fingerprint density at radius 1 is 0.897 bits per heavy atom. The first-order valence-corrected chi connectivity index (χ1v) is 8.93. The molecular formula is C21H23N3O5. The van der Waals surface area contributed by atoms with Gasteiger partial charge in [0.1, 0.15) is 6.54 Å². The Labute approximate surface area is 168 Å². The van der Waals surface area contributed by atoms with Gasteiger partial charge in [0, 0.05) is 23.9 Å². The highest BCUT2D eigenvalue weighted by atomic mass is 16.5. The lowest BCUT2D eigenvalue weighted by Crippen LogP contribution is -2.32. The number of ether oxygens (including phenoxy) is 1. The van der Waals surface area contributed by atoms with E-state index < -0.39 is 24.4 Å². The Hall–Kier alpha value is -3.68. The van der Waals surface area contributed by atoms with Crippen LogP contribution in [-0.4, -0.2) is 43.9 Å². The van der Waals surface area contributed by atoms with Crippen LogP contribution in [0.15, 0.2) is 42.5 Å². The molecule has 3 amide bonds. The second-order valence-corrected chi connectivity index (χ2v) is 6.35. The molecule has 2 aromatic rings. The van der Waals surface area contributed by atoms with Gasteiger partial charge >= 0.3 is 5.97 Å². The summed E-state index contributed by atoms with van der Waals surface area (Å²) in [4.78, 5) is 47.4. The van der Waals surface area contributed by atoms with Gasteiger partial charge in [0.2, 0.25) is 0 Å². The molecule has 8 heteroatoms. The first kappa shape index (κ1) is 21.6. The molecule has 0 atom stereocenters. The third-order valence-electron chi connectivity index (χ3n) is 4.16. The van der Waals surface area contributed by atoms with Gasteiger partial charge in [0.25, 0.3) is 17.7 Å². The van der Waals surface area contributed by atoms with Crippen LogP contribution in [0.3, 0.4) is 0 Å². The summed E-state index contributed by atoms with van der Waals surface area (Å²) in [6, 6.07) is 11.6. The number of carbonyl (C=O) groups is 4. The van der Waals surface area contributed by atoms with E-state index in [0.29, 0.717) is 16.8 Å². The Morgan fingerprint density at radius 2 is 1.62 bits per heavy atom. The average molecular weight is 397 g/mol. The third-order valence-corrected chi connectivity index (χ3v) is 4.16. The minimum absolute atomic E-state index is 0.285. The van der Waals surface area contributed by atoms with E-state index in [9.17, 15) is 19.2 Å². The summed E-state index contributed by atoms with van der Waals surface area (Å²) in [7, 11) is 1.51. The molecule has 3 N–H and O–H groups in total. The minimum atomic E-state index is -0.739. The molecule has 0 saturated carbocycles. The van der Waals surface area contributed by atoms with E-state index in [0.717, 1.165) is 11.1 Å². The zero-order valence-electron chi connectivity index (χ0n) is 16.5. The largest absolute Gasteiger partial charge is 0.454 e. The number of amides is 3. The smallest absolute Gasteiger partial charge is 0.325 e. The normalized spacial score (nSPS) is 10.0. The van der Waals surface area contributed by atoms with Crippen LogP contribution in [-0.2, 0) is 14.3 Å². The second kappa shape index (κ2) is 10.0. The lowest BCUT2D eigenvalue weighted by molar-refractivity contribution is -0.146. The van der Waals surface area contributed by atoms with Gasteiger partial charge in [-0.15, -0.1) is 0 Å². The minimum Gasteiger partial charge on any atom is -0.454 e. The molecule has 0 aliphatic carbocycles. The quantitative estimate of drug-likeness (QED) is 0.614. The molecular weight excluding hydrogens is 374 g/mol. The molecule has 0 aliphatic rings. The molecule has 2 aromatic carbocycles. The van der Waals surface area contributed by atoms with Crippen LogP contribution in [0.1, 0.15) is 31.8 Å². The van der Waals surface area contributed by atoms with E-state index in [2.05, 4.69) is 16.0 Å². The van der Waals surface area contributed by atoms with Crippen LogP contribution in [0.4, 0.5) is 5.69 Å². The molecule has 0 fully saturated rings. The molecule has 0 aliphatic heterocycles. The molecule has 0 bridgehead atoms. The van der Waals surface area contributed by atoms with Crippen molar-refractivity contribution in [2.45, 2.75) is 13.8 Å². The number of hydrogen-bond donors (Lipinski definition) is 3. The summed E-state index contributed by atoms with van der Waals surface area (Å²) < 4.78 is 4.86. The number of aryl methyl sites for hydroxylation is 2. The lowest BCUT2D eigenvalue weighted by atomic mass is 10.1. The van der Waals surface area contributed by atoms with Gasteiger partial charge in [0.05, 0.1) is 0 Å². The van der Waals surface area contributed by atoms with E-state index in [1.54, 1.807) is 30.3 Å². The molecule has 8 nitrogen and oxygen atoms in total. The van der Waals surface area contributed by atoms with Crippen molar-refractivity contribution in [3.05, 3.63) is 64.7 Å². The molecule has 152 valence electrons. The number of rotatable bonds is 7. The zero-order valence-corrected chi connectivity index (χ0v) is 16.5. The van der Waals surface area contributed by atoms with Crippen molar-refractivity contribution in [2.75, 3.05) is 25.5 Å². The van der Waals surface area contributed by atoms with E-state index in [-0.39, 0.29) is 12.5 Å². The van der Waals surface area contributed by atoms with Crippen LogP contribution in [0.25, 0.3) is 0 Å². The Bertz CT molecular complexity index is 940. The van der Waals surface area contributed by atoms with Crippen molar-refractivity contribution in [3.8, 4) is 0 Å². The fourth-order valence-corrected chi connectivity index (χ4v) is 2.41. The summed E-state index contributed by atoms with van der Waals surface area (Å²) >= 11 is 0. The first-order valence-electron chi connectivity index (χ1n) is 8.93. The molecule has 0 saturated heterocycles. The highest BCUT2D eigenvalue weighted by Crippen LogP contribution is 2.11. The molecule has 0 radical (unpaired) electrons. The molecule has 0 unspecified atom stereocenters. The van der Waals surface area contributed by atoms with Gasteiger partial charge < -0.3 is 20.7 Å². The number of hydrogen-bond acceptors (Lipinski definition) is 5. The van der Waals surface area contributed by atoms with Crippen molar-refractivity contribution in [1.82, 2.24) is 10.6 Å². The maximum absolute atomic E-state index is 12.1. The number of esters is 1. The van der Waals surface area contributed by atoms with Gasteiger partial charge in [-0.05, 0) is 55.3 Å². The maximum atomic E-state index is 12.1. The zero-order chi connectivity index (χ0) is 21.4. The second-order valence-electron chi connectivity index (χ2n) is 6.35. The monoisotopic (exact) mass is 397 g/mol. The van der Waals surface area contributed by atoms with Crippen LogP contribution in [0.2, 0.25) is 0 Å². The standard InChI is InChI=1S/C21H23N3O5/c1-13-7-8-16(9-14(13)2)21(28)23-11-19(26)29-12-18(25)24-17-6-4-5-15(10-17)20(27)22-3/h4-10H,11-12H2,1-3H3,(H,22,27)(H,23,28)(H,24,25). The van der Waals surface area contributed by atoms with Crippen molar-refractivity contribution in [1.29, 1.82) is 0 Å². The van der Waals surface area contributed by atoms with Crippen LogP contribution in [0, 0.1) is 13.8 Å². The summed E-state index contributed by atoms with van der Waals surface area (Å²) in [6.45, 7) is 2.96. The van der Waals surface area contributed by atoms with Crippen molar-refractivity contribution >= 4 is 29.4 Å². The van der Waals surface area contributed by atoms with E-state index >= 15 is 0 Å². The van der Waals surface area contributed by atoms with Crippen LogP contribution < -0.4 is 16.0 Å². The van der Waals surface area contributed by atoms with Gasteiger partial charge in [-0.2, -0.15) is 0 Å². The number of nitrogens with one attached hydrogen (secondary N) is 3. The molecule has 0 heterocycles. The van der Waals surface area contributed by atoms with Gasteiger partial charge in [-0.3, -0.25) is 19.2 Å². The maximum Gasteiger partial charge on any atom is 0.325 e. The Morgan fingerprint density at radius 3 is 2.31 bits per heavy atom. The Kier molecular flexibility index (Phi) is 7.47. The van der Waals surface area contributed by atoms with Crippen molar-refractivity contribution in [3.63, 3.8) is 0 Å². The van der Waals surface area contributed by atoms with E-state index in [1.165, 1.54) is 13.1 Å². The summed E-state index contributed by atoms with van der Waals surface area (Å²) in [5.41, 5.74) is 3.26. The Balaban J connectivity index is 1.78. The van der Waals surface area contributed by atoms with Gasteiger partial charge in [-0.1, -0.05) is 12.1 Å². The topological polar surface area (TPSA) is 114 Å². The SMILES string of the molecule is CNC(=O)c1cccc(NC(=O)COC(=O)CNC(=O)c2ccc(C)c(C)c2)c1. The highest BCUT2D eigenvalue weighted by Gasteiger charge is 2.12. The molecule has 29 heavy (non-hydrogen) atoms. The van der Waals surface area contributed by atoms with E-state index in [4.69, 9.17) is 4.74 Å². The van der Waals surface area contributed by atoms with Crippen molar-refractivity contribution < 1.29 is 23.9 Å². The van der Waals surface area contributed by atoms with Crippen LogP contribution in [0.5, 0.6) is 0 Å². The fourth-order valence-electron chi connectivity index (χ4n) is 2.41. The predicted molar refractivity (Wildman–Crippen MR) is 108 cm³/mol. The van der Waals surface area contributed by atoms with Gasteiger partial charge in [-0.25, -0.2) is 0 Å². The fraction of sp³-hybridized carbons (Fsp3) is 0.238.